The smallest absolute Gasteiger partial charge is 0.151 e. The third-order valence-corrected chi connectivity index (χ3v) is 1.66. The average molecular weight is 148 g/mol. The molecule has 3 nitrogen and oxygen atoms in total. The molecule has 0 aliphatic heterocycles. The Balaban J connectivity index is 3.39. The van der Waals surface area contributed by atoms with Gasteiger partial charge in [0.1, 0.15) is 0 Å². The summed E-state index contributed by atoms with van der Waals surface area (Å²) in [6, 6.07) is 0. The van der Waals surface area contributed by atoms with Crippen molar-refractivity contribution in [1.29, 1.82) is 0 Å². The predicted octanol–water partition coefficient (Wildman–Crippen LogP) is 0.0958. The van der Waals surface area contributed by atoms with Crippen molar-refractivity contribution < 1.29 is 15.3 Å². The van der Waals surface area contributed by atoms with Gasteiger partial charge >= 0.3 is 0 Å². The maximum atomic E-state index is 8.55. The molecule has 0 aliphatic rings. The maximum Gasteiger partial charge on any atom is 0.151 e. The van der Waals surface area contributed by atoms with Crippen LogP contribution < -0.4 is 0 Å². The molecule has 1 unspecified atom stereocenters. The van der Waals surface area contributed by atoms with Crippen molar-refractivity contribution in [2.45, 2.75) is 32.5 Å². The average Bonchev–Trinajstić information content (AvgIpc) is 1.86. The van der Waals surface area contributed by atoms with Gasteiger partial charge in [0.15, 0.2) is 6.29 Å². The second kappa shape index (κ2) is 5.65. The minimum Gasteiger partial charge on any atom is -0.396 e. The third-order valence-electron chi connectivity index (χ3n) is 1.66. The highest BCUT2D eigenvalue weighted by Crippen LogP contribution is 2.13. The van der Waals surface area contributed by atoms with Crippen molar-refractivity contribution in [1.82, 2.24) is 0 Å². The Hall–Kier alpha value is -0.120. The van der Waals surface area contributed by atoms with Crippen LogP contribution in [-0.2, 0) is 0 Å². The summed E-state index contributed by atoms with van der Waals surface area (Å²) in [6.45, 7) is 2.11. The lowest BCUT2D eigenvalue weighted by Gasteiger charge is -2.13. The first-order chi connectivity index (χ1) is 4.70. The molecule has 0 amide bonds. The second-order valence-corrected chi connectivity index (χ2v) is 2.50. The summed E-state index contributed by atoms with van der Waals surface area (Å²) in [6.07, 6.45) is 0.695. The van der Waals surface area contributed by atoms with Gasteiger partial charge in [-0.05, 0) is 12.3 Å². The lowest BCUT2D eigenvalue weighted by molar-refractivity contribution is -0.0578. The zero-order valence-corrected chi connectivity index (χ0v) is 6.32. The molecular weight excluding hydrogens is 132 g/mol. The molecule has 0 aliphatic carbocycles. The molecule has 0 rings (SSSR count). The van der Waals surface area contributed by atoms with Crippen LogP contribution in [0.15, 0.2) is 0 Å². The number of hydrogen-bond donors (Lipinski definition) is 3. The maximum absolute atomic E-state index is 8.55. The molecule has 0 heterocycles. The molecule has 0 saturated heterocycles. The fourth-order valence-electron chi connectivity index (χ4n) is 0.969. The van der Waals surface area contributed by atoms with Gasteiger partial charge in [-0.2, -0.15) is 0 Å². The van der Waals surface area contributed by atoms with Crippen LogP contribution in [0.4, 0.5) is 0 Å². The Morgan fingerprint density at radius 3 is 2.20 bits per heavy atom. The fraction of sp³-hybridized carbons (Fsp3) is 1.00. The molecule has 62 valence electrons. The van der Waals surface area contributed by atoms with Crippen LogP contribution in [0, 0.1) is 5.92 Å². The molecule has 0 aromatic carbocycles. The first-order valence-electron chi connectivity index (χ1n) is 3.67. The fourth-order valence-corrected chi connectivity index (χ4v) is 0.969. The molecule has 3 heteroatoms. The van der Waals surface area contributed by atoms with Crippen molar-refractivity contribution in [3.63, 3.8) is 0 Å². The van der Waals surface area contributed by atoms with Crippen LogP contribution in [0.25, 0.3) is 0 Å². The van der Waals surface area contributed by atoms with Gasteiger partial charge in [-0.25, -0.2) is 0 Å². The van der Waals surface area contributed by atoms with E-state index < -0.39 is 6.29 Å². The van der Waals surface area contributed by atoms with E-state index in [0.29, 0.717) is 12.8 Å². The number of aliphatic hydroxyl groups is 3. The van der Waals surface area contributed by atoms with E-state index in [2.05, 4.69) is 0 Å². The number of hydrogen-bond acceptors (Lipinski definition) is 3. The van der Waals surface area contributed by atoms with Crippen molar-refractivity contribution in [3.05, 3.63) is 0 Å². The summed E-state index contributed by atoms with van der Waals surface area (Å²) >= 11 is 0. The van der Waals surface area contributed by atoms with E-state index in [0.717, 1.165) is 6.42 Å². The van der Waals surface area contributed by atoms with Crippen LogP contribution in [-0.4, -0.2) is 28.2 Å². The molecule has 0 spiro atoms. The molecule has 10 heavy (non-hydrogen) atoms. The highest BCUT2D eigenvalue weighted by atomic mass is 16.5. The van der Waals surface area contributed by atoms with Gasteiger partial charge in [0, 0.05) is 13.0 Å². The van der Waals surface area contributed by atoms with Crippen LogP contribution in [0.1, 0.15) is 26.2 Å². The van der Waals surface area contributed by atoms with Gasteiger partial charge < -0.3 is 15.3 Å². The molecule has 3 N–H and O–H groups in total. The number of aliphatic hydroxyl groups excluding tert-OH is 2. The SMILES string of the molecule is CCC(CCO)CC(O)O. The van der Waals surface area contributed by atoms with E-state index in [1.54, 1.807) is 0 Å². The lowest BCUT2D eigenvalue weighted by atomic mass is 9.99. The molecule has 0 aromatic rings. The normalized spacial score (nSPS) is 14.1. The summed E-state index contributed by atoms with van der Waals surface area (Å²) in [5, 5.41) is 25.6. The molecule has 1 atom stereocenters. The molecule has 0 fully saturated rings. The monoisotopic (exact) mass is 148 g/mol. The zero-order chi connectivity index (χ0) is 7.98. The molecule has 0 saturated carbocycles. The quantitative estimate of drug-likeness (QED) is 0.484. The van der Waals surface area contributed by atoms with E-state index >= 15 is 0 Å². The van der Waals surface area contributed by atoms with Gasteiger partial charge in [0.25, 0.3) is 0 Å². The summed E-state index contributed by atoms with van der Waals surface area (Å²) < 4.78 is 0. The Morgan fingerprint density at radius 1 is 1.30 bits per heavy atom. The predicted molar refractivity (Wildman–Crippen MR) is 38.3 cm³/mol. The first kappa shape index (κ1) is 9.88. The largest absolute Gasteiger partial charge is 0.396 e. The minimum absolute atomic E-state index is 0.130. The molecule has 0 radical (unpaired) electrons. The van der Waals surface area contributed by atoms with Crippen LogP contribution in [0.2, 0.25) is 0 Å². The Bertz CT molecular complexity index is 73.3. The van der Waals surface area contributed by atoms with Gasteiger partial charge in [-0.1, -0.05) is 13.3 Å². The number of rotatable bonds is 5. The molecule has 0 bridgehead atoms. The Kier molecular flexibility index (Phi) is 5.58. The summed E-state index contributed by atoms with van der Waals surface area (Å²) in [4.78, 5) is 0. The van der Waals surface area contributed by atoms with Crippen molar-refractivity contribution in [2.24, 2.45) is 5.92 Å². The lowest BCUT2D eigenvalue weighted by Crippen LogP contribution is -2.13. The van der Waals surface area contributed by atoms with Crippen molar-refractivity contribution in [3.8, 4) is 0 Å². The van der Waals surface area contributed by atoms with Gasteiger partial charge in [-0.3, -0.25) is 0 Å². The van der Waals surface area contributed by atoms with Crippen molar-refractivity contribution >= 4 is 0 Å². The zero-order valence-electron chi connectivity index (χ0n) is 6.32. The van der Waals surface area contributed by atoms with Crippen molar-refractivity contribution in [2.75, 3.05) is 6.61 Å². The summed E-state index contributed by atoms with van der Waals surface area (Å²) in [5.41, 5.74) is 0. The van der Waals surface area contributed by atoms with E-state index in [1.165, 1.54) is 0 Å². The van der Waals surface area contributed by atoms with E-state index in [-0.39, 0.29) is 12.5 Å². The minimum atomic E-state index is -1.23. The second-order valence-electron chi connectivity index (χ2n) is 2.50. The highest BCUT2D eigenvalue weighted by Gasteiger charge is 2.09. The third kappa shape index (κ3) is 4.73. The van der Waals surface area contributed by atoms with Gasteiger partial charge in [0.05, 0.1) is 0 Å². The van der Waals surface area contributed by atoms with Crippen LogP contribution in [0.3, 0.4) is 0 Å². The van der Waals surface area contributed by atoms with Gasteiger partial charge in [-0.15, -0.1) is 0 Å². The van der Waals surface area contributed by atoms with E-state index in [1.807, 2.05) is 6.92 Å². The standard InChI is InChI=1S/C7H16O3/c1-2-6(3-4-8)5-7(9)10/h6-10H,2-5H2,1H3. The van der Waals surface area contributed by atoms with Gasteiger partial charge in [0.2, 0.25) is 0 Å². The highest BCUT2D eigenvalue weighted by molar-refractivity contribution is 4.56. The van der Waals surface area contributed by atoms with E-state index in [9.17, 15) is 0 Å². The van der Waals surface area contributed by atoms with E-state index in [4.69, 9.17) is 15.3 Å². The van der Waals surface area contributed by atoms with Crippen LogP contribution in [0.5, 0.6) is 0 Å². The topological polar surface area (TPSA) is 60.7 Å². The van der Waals surface area contributed by atoms with Crippen LogP contribution >= 0.6 is 0 Å². The summed E-state index contributed by atoms with van der Waals surface area (Å²) in [5.74, 6) is 0.241. The first-order valence-corrected chi connectivity index (χ1v) is 3.67. The Labute approximate surface area is 61.3 Å². The Morgan fingerprint density at radius 2 is 1.90 bits per heavy atom. The molecular formula is C7H16O3. The molecule has 0 aromatic heterocycles. The summed E-state index contributed by atoms with van der Waals surface area (Å²) in [7, 11) is 0.